The van der Waals surface area contributed by atoms with Crippen LogP contribution in [0, 0.1) is 0 Å². The number of carbonyl (C=O) groups excluding carboxylic acids is 2. The second-order valence-electron chi connectivity index (χ2n) is 8.37. The highest BCUT2D eigenvalue weighted by atomic mass is 16.6. The lowest BCUT2D eigenvalue weighted by Gasteiger charge is -2.46. The molecule has 0 aliphatic carbocycles. The van der Waals surface area contributed by atoms with Crippen LogP contribution in [0.1, 0.15) is 66.1 Å². The SMILES string of the molecule is CCCN1C(C)(C)CC(=O)N(C(=O)OC(C)c2ccccc2)CC1(C)C. The summed E-state index contributed by atoms with van der Waals surface area (Å²) in [4.78, 5) is 29.2. The maximum absolute atomic E-state index is 12.8. The summed E-state index contributed by atoms with van der Waals surface area (Å²) in [6.45, 7) is 13.5. The average Bonchev–Trinajstić information content (AvgIpc) is 2.63. The van der Waals surface area contributed by atoms with Gasteiger partial charge in [-0.1, -0.05) is 37.3 Å². The number of carbonyl (C=O) groups is 2. The number of ether oxygens (including phenoxy) is 1. The molecule has 0 saturated carbocycles. The Morgan fingerprint density at radius 2 is 1.77 bits per heavy atom. The molecule has 0 bridgehead atoms. The van der Waals surface area contributed by atoms with Crippen LogP contribution in [-0.4, -0.2) is 46.0 Å². The number of hydrogen-bond donors (Lipinski definition) is 0. The van der Waals surface area contributed by atoms with Gasteiger partial charge in [-0.3, -0.25) is 9.69 Å². The fraction of sp³-hybridized carbons (Fsp3) is 0.619. The quantitative estimate of drug-likeness (QED) is 0.799. The van der Waals surface area contributed by atoms with Crippen molar-refractivity contribution >= 4 is 12.0 Å². The van der Waals surface area contributed by atoms with E-state index in [1.165, 1.54) is 4.90 Å². The molecule has 0 aromatic heterocycles. The van der Waals surface area contributed by atoms with Crippen molar-refractivity contribution in [3.8, 4) is 0 Å². The third kappa shape index (κ3) is 4.44. The fourth-order valence-corrected chi connectivity index (χ4v) is 3.94. The molecule has 144 valence electrons. The second-order valence-corrected chi connectivity index (χ2v) is 8.37. The smallest absolute Gasteiger partial charge is 0.417 e. The van der Waals surface area contributed by atoms with E-state index < -0.39 is 12.2 Å². The van der Waals surface area contributed by atoms with Crippen LogP contribution in [0.2, 0.25) is 0 Å². The first-order chi connectivity index (χ1) is 12.1. The number of amides is 2. The summed E-state index contributed by atoms with van der Waals surface area (Å²) in [5.74, 6) is -0.174. The summed E-state index contributed by atoms with van der Waals surface area (Å²) in [5, 5.41) is 0. The number of nitrogens with zero attached hydrogens (tertiary/aromatic N) is 2. The molecule has 5 heteroatoms. The Bertz CT molecular complexity index is 640. The Morgan fingerprint density at radius 1 is 1.15 bits per heavy atom. The third-order valence-corrected chi connectivity index (χ3v) is 5.11. The van der Waals surface area contributed by atoms with E-state index in [2.05, 4.69) is 39.5 Å². The molecule has 0 spiro atoms. The van der Waals surface area contributed by atoms with E-state index in [1.54, 1.807) is 0 Å². The van der Waals surface area contributed by atoms with Crippen molar-refractivity contribution in [2.75, 3.05) is 13.1 Å². The van der Waals surface area contributed by atoms with Gasteiger partial charge >= 0.3 is 6.09 Å². The molecule has 2 amide bonds. The summed E-state index contributed by atoms with van der Waals surface area (Å²) in [7, 11) is 0. The van der Waals surface area contributed by atoms with Crippen molar-refractivity contribution in [2.45, 2.75) is 71.6 Å². The van der Waals surface area contributed by atoms with Gasteiger partial charge in [0.2, 0.25) is 5.91 Å². The van der Waals surface area contributed by atoms with E-state index >= 15 is 0 Å². The molecule has 1 unspecified atom stereocenters. The largest absolute Gasteiger partial charge is 0.441 e. The maximum Gasteiger partial charge on any atom is 0.417 e. The highest BCUT2D eigenvalue weighted by Gasteiger charge is 2.46. The van der Waals surface area contributed by atoms with Crippen LogP contribution >= 0.6 is 0 Å². The summed E-state index contributed by atoms with van der Waals surface area (Å²) < 4.78 is 5.61. The number of rotatable bonds is 4. The first-order valence-corrected chi connectivity index (χ1v) is 9.42. The highest BCUT2D eigenvalue weighted by molar-refractivity contribution is 5.93. The molecule has 5 nitrogen and oxygen atoms in total. The number of imide groups is 1. The molecule has 2 rings (SSSR count). The Balaban J connectivity index is 2.20. The lowest BCUT2D eigenvalue weighted by molar-refractivity contribution is -0.130. The zero-order valence-corrected chi connectivity index (χ0v) is 16.9. The topological polar surface area (TPSA) is 49.9 Å². The van der Waals surface area contributed by atoms with Gasteiger partial charge in [0.25, 0.3) is 0 Å². The van der Waals surface area contributed by atoms with Gasteiger partial charge in [0.1, 0.15) is 6.10 Å². The van der Waals surface area contributed by atoms with E-state index in [-0.39, 0.29) is 17.0 Å². The molecule has 1 heterocycles. The molecule has 1 aromatic carbocycles. The zero-order valence-electron chi connectivity index (χ0n) is 16.9. The predicted molar refractivity (Wildman–Crippen MR) is 103 cm³/mol. The standard InChI is InChI=1S/C21H32N2O3/c1-7-13-23-20(3,4)14-18(24)22(15-21(23,5)6)19(25)26-16(2)17-11-9-8-10-12-17/h8-12,16H,7,13-15H2,1-6H3. The van der Waals surface area contributed by atoms with Crippen molar-refractivity contribution in [1.29, 1.82) is 0 Å². The van der Waals surface area contributed by atoms with Crippen LogP contribution in [0.4, 0.5) is 4.79 Å². The molecule has 1 fully saturated rings. The van der Waals surface area contributed by atoms with Crippen LogP contribution < -0.4 is 0 Å². The van der Waals surface area contributed by atoms with Gasteiger partial charge in [-0.15, -0.1) is 0 Å². The molecular weight excluding hydrogens is 328 g/mol. The Labute approximate surface area is 157 Å². The van der Waals surface area contributed by atoms with Gasteiger partial charge in [-0.2, -0.15) is 0 Å². The Hall–Kier alpha value is -1.88. The normalized spacial score (nSPS) is 21.2. The summed E-state index contributed by atoms with van der Waals surface area (Å²) in [6.07, 6.45) is 0.332. The van der Waals surface area contributed by atoms with Gasteiger partial charge in [0.15, 0.2) is 0 Å². The van der Waals surface area contributed by atoms with Gasteiger partial charge in [-0.05, 0) is 53.1 Å². The van der Waals surface area contributed by atoms with Crippen LogP contribution in [-0.2, 0) is 9.53 Å². The first kappa shape index (κ1) is 20.4. The molecule has 1 atom stereocenters. The predicted octanol–water partition coefficient (Wildman–Crippen LogP) is 4.39. The van der Waals surface area contributed by atoms with E-state index in [4.69, 9.17) is 4.74 Å². The van der Waals surface area contributed by atoms with Crippen molar-refractivity contribution < 1.29 is 14.3 Å². The lowest BCUT2D eigenvalue weighted by atomic mass is 9.91. The minimum Gasteiger partial charge on any atom is -0.441 e. The van der Waals surface area contributed by atoms with E-state index in [0.29, 0.717) is 13.0 Å². The van der Waals surface area contributed by atoms with Crippen LogP contribution in [0.15, 0.2) is 30.3 Å². The van der Waals surface area contributed by atoms with Crippen LogP contribution in [0.25, 0.3) is 0 Å². The van der Waals surface area contributed by atoms with Gasteiger partial charge < -0.3 is 4.74 Å². The van der Waals surface area contributed by atoms with E-state index in [0.717, 1.165) is 18.5 Å². The van der Waals surface area contributed by atoms with Crippen molar-refractivity contribution in [1.82, 2.24) is 9.80 Å². The Kier molecular flexibility index (Phi) is 6.12. The summed E-state index contributed by atoms with van der Waals surface area (Å²) in [6, 6.07) is 9.57. The molecule has 1 saturated heterocycles. The van der Waals surface area contributed by atoms with E-state index in [1.807, 2.05) is 37.3 Å². The third-order valence-electron chi connectivity index (χ3n) is 5.11. The molecular formula is C21H32N2O3. The fourth-order valence-electron chi connectivity index (χ4n) is 3.94. The second kappa shape index (κ2) is 7.78. The number of benzene rings is 1. The molecule has 1 aliphatic rings. The minimum atomic E-state index is -0.562. The first-order valence-electron chi connectivity index (χ1n) is 9.42. The monoisotopic (exact) mass is 360 g/mol. The molecule has 0 radical (unpaired) electrons. The minimum absolute atomic E-state index is 0.174. The van der Waals surface area contributed by atoms with Crippen LogP contribution in [0.3, 0.4) is 0 Å². The number of hydrogen-bond acceptors (Lipinski definition) is 4. The summed E-state index contributed by atoms with van der Waals surface area (Å²) in [5.41, 5.74) is 0.285. The van der Waals surface area contributed by atoms with E-state index in [9.17, 15) is 9.59 Å². The molecule has 1 aliphatic heterocycles. The van der Waals surface area contributed by atoms with Crippen molar-refractivity contribution in [2.24, 2.45) is 0 Å². The Morgan fingerprint density at radius 3 is 2.35 bits per heavy atom. The molecule has 0 N–H and O–H groups in total. The molecule has 26 heavy (non-hydrogen) atoms. The highest BCUT2D eigenvalue weighted by Crippen LogP contribution is 2.33. The molecule has 1 aromatic rings. The van der Waals surface area contributed by atoms with Gasteiger partial charge in [0.05, 0.1) is 0 Å². The van der Waals surface area contributed by atoms with Crippen LogP contribution in [0.5, 0.6) is 0 Å². The van der Waals surface area contributed by atoms with Gasteiger partial charge in [-0.25, -0.2) is 9.69 Å². The zero-order chi connectivity index (χ0) is 19.5. The summed E-state index contributed by atoms with van der Waals surface area (Å²) >= 11 is 0. The van der Waals surface area contributed by atoms with Crippen molar-refractivity contribution in [3.05, 3.63) is 35.9 Å². The maximum atomic E-state index is 12.8. The van der Waals surface area contributed by atoms with Gasteiger partial charge in [0, 0.05) is 24.0 Å². The lowest BCUT2D eigenvalue weighted by Crippen LogP contribution is -2.57. The average molecular weight is 360 g/mol. The van der Waals surface area contributed by atoms with Crippen molar-refractivity contribution in [3.63, 3.8) is 0 Å².